The van der Waals surface area contributed by atoms with E-state index in [1.807, 2.05) is 0 Å². The molecule has 1 aliphatic carbocycles. The number of amides is 2. The fraction of sp³-hybridized carbons (Fsp3) is 0.438. The fourth-order valence-electron chi connectivity index (χ4n) is 2.21. The maximum atomic E-state index is 12.3. The molecule has 0 radical (unpaired) electrons. The van der Waals surface area contributed by atoms with Crippen LogP contribution >= 0.6 is 23.2 Å². The fourth-order valence-corrected chi connectivity index (χ4v) is 2.51. The molecule has 1 saturated carbocycles. The van der Waals surface area contributed by atoms with Crippen molar-refractivity contribution in [3.05, 3.63) is 33.8 Å². The molecule has 0 spiro atoms. The van der Waals surface area contributed by atoms with Gasteiger partial charge >= 0.3 is 5.97 Å². The largest absolute Gasteiger partial charge is 0.481 e. The molecule has 24 heavy (non-hydrogen) atoms. The number of halogens is 2. The smallest absolute Gasteiger partial charge is 0.308 e. The van der Waals surface area contributed by atoms with E-state index in [1.165, 1.54) is 23.1 Å². The topological polar surface area (TPSA) is 86.7 Å². The number of carboxylic acids is 1. The second-order valence-electron chi connectivity index (χ2n) is 5.83. The maximum Gasteiger partial charge on any atom is 0.308 e. The third-order valence-corrected chi connectivity index (χ3v) is 4.52. The molecular formula is C16H18Cl2N2O4. The minimum Gasteiger partial charge on any atom is -0.481 e. The van der Waals surface area contributed by atoms with Crippen LogP contribution in [0.5, 0.6) is 0 Å². The van der Waals surface area contributed by atoms with Crippen LogP contribution in [0.15, 0.2) is 18.2 Å². The zero-order chi connectivity index (χ0) is 17.9. The Balaban J connectivity index is 1.93. The van der Waals surface area contributed by atoms with E-state index in [4.69, 9.17) is 28.3 Å². The van der Waals surface area contributed by atoms with E-state index >= 15 is 0 Å². The highest BCUT2D eigenvalue weighted by Gasteiger charge is 2.34. The van der Waals surface area contributed by atoms with Crippen molar-refractivity contribution >= 4 is 41.0 Å². The second kappa shape index (κ2) is 7.85. The average Bonchev–Trinajstić information content (AvgIpc) is 3.36. The minimum absolute atomic E-state index is 0.0705. The Labute approximate surface area is 149 Å². The van der Waals surface area contributed by atoms with E-state index in [1.54, 1.807) is 6.92 Å². The van der Waals surface area contributed by atoms with Crippen LogP contribution in [0.2, 0.25) is 10.0 Å². The summed E-state index contributed by atoms with van der Waals surface area (Å²) in [6.45, 7) is 1.50. The van der Waals surface area contributed by atoms with Gasteiger partial charge in [-0.05, 0) is 31.0 Å². The Morgan fingerprint density at radius 2 is 1.96 bits per heavy atom. The lowest BCUT2D eigenvalue weighted by Crippen LogP contribution is -2.44. The van der Waals surface area contributed by atoms with E-state index in [0.717, 1.165) is 12.8 Å². The van der Waals surface area contributed by atoms with Crippen molar-refractivity contribution in [2.45, 2.75) is 25.8 Å². The highest BCUT2D eigenvalue weighted by Crippen LogP contribution is 2.27. The van der Waals surface area contributed by atoms with E-state index in [9.17, 15) is 14.4 Å². The summed E-state index contributed by atoms with van der Waals surface area (Å²) in [5.74, 6) is -2.34. The first-order chi connectivity index (χ1) is 11.3. The molecule has 2 N–H and O–H groups in total. The second-order valence-corrected chi connectivity index (χ2v) is 6.64. The average molecular weight is 373 g/mol. The van der Waals surface area contributed by atoms with E-state index < -0.39 is 17.8 Å². The Morgan fingerprint density at radius 3 is 2.50 bits per heavy atom. The van der Waals surface area contributed by atoms with Crippen molar-refractivity contribution in [2.75, 3.05) is 13.1 Å². The lowest BCUT2D eigenvalue weighted by Gasteiger charge is -2.24. The predicted molar refractivity (Wildman–Crippen MR) is 90.3 cm³/mol. The van der Waals surface area contributed by atoms with Crippen LogP contribution in [0, 0.1) is 5.92 Å². The summed E-state index contributed by atoms with van der Waals surface area (Å²) in [6, 6.07) is 4.51. The molecule has 1 aromatic rings. The van der Waals surface area contributed by atoms with Crippen LogP contribution in [0.4, 0.5) is 0 Å². The number of carbonyl (C=O) groups is 3. The number of hydrogen-bond donors (Lipinski definition) is 2. The third kappa shape index (κ3) is 4.85. The summed E-state index contributed by atoms with van der Waals surface area (Å²) in [5, 5.41) is 12.1. The highest BCUT2D eigenvalue weighted by atomic mass is 35.5. The Kier molecular flexibility index (Phi) is 6.07. The molecule has 0 saturated heterocycles. The number of nitrogens with one attached hydrogen (secondary N) is 1. The molecule has 130 valence electrons. The molecule has 8 heteroatoms. The molecule has 6 nitrogen and oxygen atoms in total. The zero-order valence-corrected chi connectivity index (χ0v) is 14.6. The Hall–Kier alpha value is -1.79. The summed E-state index contributed by atoms with van der Waals surface area (Å²) < 4.78 is 0. The van der Waals surface area contributed by atoms with Gasteiger partial charge in [0.1, 0.15) is 0 Å². The molecule has 0 aromatic heterocycles. The third-order valence-electron chi connectivity index (χ3n) is 3.78. The van der Waals surface area contributed by atoms with Gasteiger partial charge in [0.25, 0.3) is 5.91 Å². The summed E-state index contributed by atoms with van der Waals surface area (Å²) >= 11 is 11.7. The van der Waals surface area contributed by atoms with Crippen molar-refractivity contribution < 1.29 is 19.5 Å². The highest BCUT2D eigenvalue weighted by molar-refractivity contribution is 6.42. The van der Waals surface area contributed by atoms with Crippen molar-refractivity contribution in [1.29, 1.82) is 0 Å². The monoisotopic (exact) mass is 372 g/mol. The molecule has 0 bridgehead atoms. The zero-order valence-electron chi connectivity index (χ0n) is 13.1. The molecule has 1 aromatic carbocycles. The van der Waals surface area contributed by atoms with Gasteiger partial charge in [-0.2, -0.15) is 0 Å². The van der Waals surface area contributed by atoms with Gasteiger partial charge in [-0.1, -0.05) is 30.1 Å². The first-order valence-corrected chi connectivity index (χ1v) is 8.30. The molecule has 1 fully saturated rings. The maximum absolute atomic E-state index is 12.3. The predicted octanol–water partition coefficient (Wildman–Crippen LogP) is 2.43. The van der Waals surface area contributed by atoms with Crippen LogP contribution in [0.1, 0.15) is 30.1 Å². The molecule has 0 aliphatic heterocycles. The summed E-state index contributed by atoms with van der Waals surface area (Å²) in [4.78, 5) is 36.9. The number of benzene rings is 1. The van der Waals surface area contributed by atoms with Gasteiger partial charge in [-0.15, -0.1) is 0 Å². The van der Waals surface area contributed by atoms with Gasteiger partial charge in [0.2, 0.25) is 5.91 Å². The van der Waals surface area contributed by atoms with Gasteiger partial charge in [-0.25, -0.2) is 0 Å². The quantitative estimate of drug-likeness (QED) is 0.769. The van der Waals surface area contributed by atoms with Crippen LogP contribution in [0.25, 0.3) is 0 Å². The van der Waals surface area contributed by atoms with Crippen LogP contribution in [-0.2, 0) is 9.59 Å². The van der Waals surface area contributed by atoms with Gasteiger partial charge in [0.05, 0.1) is 22.5 Å². The van der Waals surface area contributed by atoms with Crippen molar-refractivity contribution in [3.8, 4) is 0 Å². The number of carboxylic acid groups (broad SMARTS) is 1. The number of rotatable bonds is 7. The molecule has 2 amide bonds. The normalized spacial score (nSPS) is 14.8. The standard InChI is InChI=1S/C16H18Cl2N2O4/c1-9(16(23)24)8-20(11-3-4-11)14(21)7-19-15(22)10-2-5-12(17)13(18)6-10/h2,5-6,9,11H,3-4,7-8H2,1H3,(H,19,22)(H,23,24). The molecule has 1 unspecified atom stereocenters. The molecule has 1 aliphatic rings. The SMILES string of the molecule is CC(CN(C(=O)CNC(=O)c1ccc(Cl)c(Cl)c1)C1CC1)C(=O)O. The Bertz CT molecular complexity index is 661. The number of hydrogen-bond acceptors (Lipinski definition) is 3. The van der Waals surface area contributed by atoms with Crippen molar-refractivity contribution in [2.24, 2.45) is 5.92 Å². The number of carbonyl (C=O) groups excluding carboxylic acids is 2. The lowest BCUT2D eigenvalue weighted by atomic mass is 10.1. The summed E-state index contributed by atoms with van der Waals surface area (Å²) in [6.07, 6.45) is 1.72. The summed E-state index contributed by atoms with van der Waals surface area (Å²) in [5.41, 5.74) is 0.300. The van der Waals surface area contributed by atoms with Gasteiger partial charge in [0, 0.05) is 18.2 Å². The van der Waals surface area contributed by atoms with Gasteiger partial charge in [0.15, 0.2) is 0 Å². The first-order valence-electron chi connectivity index (χ1n) is 7.55. The minimum atomic E-state index is -0.951. The van der Waals surface area contributed by atoms with E-state index in [-0.39, 0.29) is 30.1 Å². The van der Waals surface area contributed by atoms with Crippen LogP contribution in [-0.4, -0.2) is 46.9 Å². The molecular weight excluding hydrogens is 355 g/mol. The Morgan fingerprint density at radius 1 is 1.29 bits per heavy atom. The van der Waals surface area contributed by atoms with Crippen molar-refractivity contribution in [3.63, 3.8) is 0 Å². The van der Waals surface area contributed by atoms with E-state index in [2.05, 4.69) is 5.32 Å². The number of aliphatic carboxylic acids is 1. The van der Waals surface area contributed by atoms with Gasteiger partial charge in [-0.3, -0.25) is 14.4 Å². The van der Waals surface area contributed by atoms with Crippen LogP contribution < -0.4 is 5.32 Å². The summed E-state index contributed by atoms with van der Waals surface area (Å²) in [7, 11) is 0. The van der Waals surface area contributed by atoms with E-state index in [0.29, 0.717) is 10.6 Å². The lowest BCUT2D eigenvalue weighted by molar-refractivity contribution is -0.143. The first kappa shape index (κ1) is 18.5. The van der Waals surface area contributed by atoms with Gasteiger partial charge < -0.3 is 15.3 Å². The molecule has 0 heterocycles. The van der Waals surface area contributed by atoms with Crippen molar-refractivity contribution in [1.82, 2.24) is 10.2 Å². The van der Waals surface area contributed by atoms with Crippen LogP contribution in [0.3, 0.4) is 0 Å². The molecule has 1 atom stereocenters. The number of nitrogens with zero attached hydrogens (tertiary/aromatic N) is 1. The molecule has 2 rings (SSSR count).